The molecule has 0 aromatic heterocycles. The summed E-state index contributed by atoms with van der Waals surface area (Å²) in [6, 6.07) is 12.9. The molecule has 4 N–H and O–H groups in total. The summed E-state index contributed by atoms with van der Waals surface area (Å²) in [7, 11) is 1.62. The standard InChI is InChI=1S/C14H14N2O2S/c1-18-12-4-2-3-5-13(12)19-9-6-7-11(15)10(8-9)14(16)17/h2-8H,15H2,1H3,(H2,16,17). The summed E-state index contributed by atoms with van der Waals surface area (Å²) in [5.41, 5.74) is 11.7. The van der Waals surface area contributed by atoms with E-state index < -0.39 is 5.91 Å². The van der Waals surface area contributed by atoms with E-state index >= 15 is 0 Å². The van der Waals surface area contributed by atoms with Crippen LogP contribution < -0.4 is 16.2 Å². The summed E-state index contributed by atoms with van der Waals surface area (Å²) in [5.74, 6) is 0.255. The Hall–Kier alpha value is -2.14. The highest BCUT2D eigenvalue weighted by molar-refractivity contribution is 7.99. The Kier molecular flexibility index (Phi) is 3.97. The molecule has 0 bridgehead atoms. The van der Waals surface area contributed by atoms with Crippen LogP contribution in [0.15, 0.2) is 52.3 Å². The summed E-state index contributed by atoms with van der Waals surface area (Å²) >= 11 is 1.49. The molecule has 0 spiro atoms. The Bertz CT molecular complexity index is 614. The number of hydrogen-bond donors (Lipinski definition) is 2. The predicted molar refractivity (Wildman–Crippen MR) is 76.5 cm³/mol. The number of benzene rings is 2. The van der Waals surface area contributed by atoms with E-state index in [1.54, 1.807) is 19.2 Å². The summed E-state index contributed by atoms with van der Waals surface area (Å²) < 4.78 is 5.28. The van der Waals surface area contributed by atoms with Crippen molar-refractivity contribution in [2.75, 3.05) is 12.8 Å². The van der Waals surface area contributed by atoms with Crippen LogP contribution in [0.2, 0.25) is 0 Å². The van der Waals surface area contributed by atoms with Gasteiger partial charge in [-0.1, -0.05) is 23.9 Å². The molecule has 0 aliphatic rings. The zero-order chi connectivity index (χ0) is 13.8. The summed E-state index contributed by atoms with van der Waals surface area (Å²) in [4.78, 5) is 13.1. The predicted octanol–water partition coefficient (Wildman–Crippen LogP) is 2.53. The molecule has 0 aliphatic heterocycles. The fraction of sp³-hybridized carbons (Fsp3) is 0.0714. The van der Waals surface area contributed by atoms with Crippen molar-refractivity contribution in [3.05, 3.63) is 48.0 Å². The molecular weight excluding hydrogens is 260 g/mol. The third-order valence-corrected chi connectivity index (χ3v) is 3.63. The van der Waals surface area contributed by atoms with E-state index in [9.17, 15) is 4.79 Å². The number of nitrogens with two attached hydrogens (primary N) is 2. The molecule has 4 nitrogen and oxygen atoms in total. The smallest absolute Gasteiger partial charge is 0.250 e. The normalized spacial score (nSPS) is 10.2. The van der Waals surface area contributed by atoms with E-state index in [-0.39, 0.29) is 0 Å². The summed E-state index contributed by atoms with van der Waals surface area (Å²) in [6.45, 7) is 0. The van der Waals surface area contributed by atoms with Crippen molar-refractivity contribution in [3.63, 3.8) is 0 Å². The van der Waals surface area contributed by atoms with Crippen molar-refractivity contribution in [2.45, 2.75) is 9.79 Å². The van der Waals surface area contributed by atoms with Gasteiger partial charge in [0.1, 0.15) is 5.75 Å². The SMILES string of the molecule is COc1ccccc1Sc1ccc(N)c(C(N)=O)c1. The number of carbonyl (C=O) groups excluding carboxylic acids is 1. The Morgan fingerprint density at radius 3 is 2.63 bits per heavy atom. The van der Waals surface area contributed by atoms with Crippen molar-refractivity contribution >= 4 is 23.4 Å². The highest BCUT2D eigenvalue weighted by Crippen LogP contribution is 2.35. The van der Waals surface area contributed by atoms with Gasteiger partial charge < -0.3 is 16.2 Å². The van der Waals surface area contributed by atoms with E-state index in [4.69, 9.17) is 16.2 Å². The summed E-state index contributed by atoms with van der Waals surface area (Å²) in [5, 5.41) is 0. The lowest BCUT2D eigenvalue weighted by Gasteiger charge is -2.09. The van der Waals surface area contributed by atoms with Gasteiger partial charge in [-0.25, -0.2) is 0 Å². The fourth-order valence-electron chi connectivity index (χ4n) is 1.64. The Labute approximate surface area is 115 Å². The molecule has 0 saturated carbocycles. The van der Waals surface area contributed by atoms with Crippen LogP contribution >= 0.6 is 11.8 Å². The van der Waals surface area contributed by atoms with Crippen LogP contribution in [-0.4, -0.2) is 13.0 Å². The molecule has 2 aromatic rings. The van der Waals surface area contributed by atoms with Crippen LogP contribution in [0.1, 0.15) is 10.4 Å². The molecule has 2 aromatic carbocycles. The average molecular weight is 274 g/mol. The van der Waals surface area contributed by atoms with E-state index in [2.05, 4.69) is 0 Å². The minimum absolute atomic E-state index is 0.333. The van der Waals surface area contributed by atoms with Crippen molar-refractivity contribution in [1.29, 1.82) is 0 Å². The molecule has 98 valence electrons. The number of carbonyl (C=O) groups is 1. The minimum Gasteiger partial charge on any atom is -0.496 e. The van der Waals surface area contributed by atoms with Gasteiger partial charge in [0.2, 0.25) is 0 Å². The van der Waals surface area contributed by atoms with Gasteiger partial charge in [-0.05, 0) is 30.3 Å². The minimum atomic E-state index is -0.528. The highest BCUT2D eigenvalue weighted by atomic mass is 32.2. The number of amides is 1. The van der Waals surface area contributed by atoms with Crippen LogP contribution in [0.5, 0.6) is 5.75 Å². The first-order chi connectivity index (χ1) is 9.11. The molecule has 19 heavy (non-hydrogen) atoms. The highest BCUT2D eigenvalue weighted by Gasteiger charge is 2.09. The first kappa shape index (κ1) is 13.3. The zero-order valence-electron chi connectivity index (χ0n) is 10.4. The molecule has 2 rings (SSSR count). The van der Waals surface area contributed by atoms with E-state index in [0.717, 1.165) is 15.5 Å². The Morgan fingerprint density at radius 1 is 1.21 bits per heavy atom. The third-order valence-electron chi connectivity index (χ3n) is 2.59. The van der Waals surface area contributed by atoms with Crippen LogP contribution in [0.25, 0.3) is 0 Å². The lowest BCUT2D eigenvalue weighted by Crippen LogP contribution is -2.13. The number of anilines is 1. The number of hydrogen-bond acceptors (Lipinski definition) is 4. The number of primary amides is 1. The maximum atomic E-state index is 11.3. The second-order valence-corrected chi connectivity index (χ2v) is 4.98. The molecule has 5 heteroatoms. The quantitative estimate of drug-likeness (QED) is 0.840. The lowest BCUT2D eigenvalue weighted by atomic mass is 10.2. The van der Waals surface area contributed by atoms with Gasteiger partial charge in [-0.15, -0.1) is 0 Å². The van der Waals surface area contributed by atoms with Crippen LogP contribution in [0, 0.1) is 0 Å². The van der Waals surface area contributed by atoms with Crippen molar-refractivity contribution < 1.29 is 9.53 Å². The average Bonchev–Trinajstić information content (AvgIpc) is 2.41. The fourth-order valence-corrected chi connectivity index (χ4v) is 2.61. The number of nitrogen functional groups attached to an aromatic ring is 1. The number of para-hydroxylation sites is 1. The van der Waals surface area contributed by atoms with Crippen LogP contribution in [0.3, 0.4) is 0 Å². The van der Waals surface area contributed by atoms with E-state index in [1.165, 1.54) is 11.8 Å². The number of rotatable bonds is 4. The van der Waals surface area contributed by atoms with Gasteiger partial charge in [0.15, 0.2) is 0 Å². The van der Waals surface area contributed by atoms with Gasteiger partial charge in [0.25, 0.3) is 5.91 Å². The van der Waals surface area contributed by atoms with Crippen molar-refractivity contribution in [1.82, 2.24) is 0 Å². The molecule has 0 fully saturated rings. The number of ether oxygens (including phenoxy) is 1. The largest absolute Gasteiger partial charge is 0.496 e. The zero-order valence-corrected chi connectivity index (χ0v) is 11.2. The van der Waals surface area contributed by atoms with Crippen LogP contribution in [0.4, 0.5) is 5.69 Å². The number of methoxy groups -OCH3 is 1. The molecule has 1 amide bonds. The van der Waals surface area contributed by atoms with Crippen LogP contribution in [-0.2, 0) is 0 Å². The molecule has 0 heterocycles. The summed E-state index contributed by atoms with van der Waals surface area (Å²) in [6.07, 6.45) is 0. The van der Waals surface area contributed by atoms with Gasteiger partial charge >= 0.3 is 0 Å². The molecular formula is C14H14N2O2S. The maximum absolute atomic E-state index is 11.3. The molecule has 0 unspecified atom stereocenters. The molecule has 0 aliphatic carbocycles. The van der Waals surface area contributed by atoms with Gasteiger partial charge in [-0.3, -0.25) is 4.79 Å². The Balaban J connectivity index is 2.33. The molecule has 0 atom stereocenters. The van der Waals surface area contributed by atoms with Gasteiger partial charge in [0.05, 0.1) is 17.6 Å². The lowest BCUT2D eigenvalue weighted by molar-refractivity contribution is 0.100. The monoisotopic (exact) mass is 274 g/mol. The van der Waals surface area contributed by atoms with Gasteiger partial charge in [0, 0.05) is 10.6 Å². The molecule has 0 saturated heterocycles. The topological polar surface area (TPSA) is 78.3 Å². The first-order valence-electron chi connectivity index (χ1n) is 5.62. The van der Waals surface area contributed by atoms with E-state index in [0.29, 0.717) is 11.3 Å². The van der Waals surface area contributed by atoms with Crippen molar-refractivity contribution in [2.24, 2.45) is 5.73 Å². The molecule has 0 radical (unpaired) electrons. The van der Waals surface area contributed by atoms with E-state index in [1.807, 2.05) is 30.3 Å². The second-order valence-electron chi connectivity index (χ2n) is 3.87. The maximum Gasteiger partial charge on any atom is 0.250 e. The van der Waals surface area contributed by atoms with Crippen molar-refractivity contribution in [3.8, 4) is 5.75 Å². The third kappa shape index (κ3) is 3.00. The second kappa shape index (κ2) is 5.67. The van der Waals surface area contributed by atoms with Gasteiger partial charge in [-0.2, -0.15) is 0 Å². The first-order valence-corrected chi connectivity index (χ1v) is 6.43. The Morgan fingerprint density at radius 2 is 1.95 bits per heavy atom.